The Morgan fingerprint density at radius 3 is 2.67 bits per heavy atom. The molecule has 1 fully saturated rings. The highest BCUT2D eigenvalue weighted by atomic mass is 16.6. The monoisotopic (exact) mass is 212 g/mol. The quantitative estimate of drug-likeness (QED) is 0.532. The van der Waals surface area contributed by atoms with Crippen LogP contribution < -0.4 is 0 Å². The average Bonchev–Trinajstić information content (AvgIpc) is 2.47. The highest BCUT2D eigenvalue weighted by Crippen LogP contribution is 2.37. The number of carbonyl (C=O) groups excluding carboxylic acids is 1. The van der Waals surface area contributed by atoms with Crippen LogP contribution in [0.5, 0.6) is 0 Å². The number of hydrogen-bond acceptors (Lipinski definition) is 3. The topological polar surface area (TPSA) is 35.5 Å². The van der Waals surface area contributed by atoms with Crippen molar-refractivity contribution in [3.8, 4) is 0 Å². The van der Waals surface area contributed by atoms with Gasteiger partial charge in [-0.15, -0.1) is 6.58 Å². The lowest BCUT2D eigenvalue weighted by molar-refractivity contribution is -0.171. The molecule has 1 aliphatic rings. The first-order chi connectivity index (χ1) is 6.79. The van der Waals surface area contributed by atoms with Crippen LogP contribution in [0, 0.1) is 0 Å². The number of esters is 1. The minimum absolute atomic E-state index is 0.0515. The summed E-state index contributed by atoms with van der Waals surface area (Å²) in [7, 11) is 0. The van der Waals surface area contributed by atoms with E-state index in [0.717, 1.165) is 12.8 Å². The molecular formula is C12H20O3. The van der Waals surface area contributed by atoms with Crippen LogP contribution in [0.1, 0.15) is 40.5 Å². The van der Waals surface area contributed by atoms with E-state index in [-0.39, 0.29) is 17.7 Å². The fourth-order valence-electron chi connectivity index (χ4n) is 1.94. The van der Waals surface area contributed by atoms with Crippen LogP contribution in [0.25, 0.3) is 0 Å². The molecule has 0 spiro atoms. The first-order valence-electron chi connectivity index (χ1n) is 5.30. The normalized spacial score (nSPS) is 31.3. The lowest BCUT2D eigenvalue weighted by atomic mass is 9.96. The van der Waals surface area contributed by atoms with E-state index in [1.54, 1.807) is 0 Å². The molecule has 86 valence electrons. The molecule has 0 aliphatic carbocycles. The second kappa shape index (κ2) is 3.97. The van der Waals surface area contributed by atoms with Crippen LogP contribution in [0.2, 0.25) is 0 Å². The van der Waals surface area contributed by atoms with Crippen molar-refractivity contribution in [2.75, 3.05) is 0 Å². The Bertz CT molecular complexity index is 270. The smallest absolute Gasteiger partial charge is 0.303 e. The third kappa shape index (κ3) is 2.81. The lowest BCUT2D eigenvalue weighted by Gasteiger charge is -2.32. The second-order valence-electron chi connectivity index (χ2n) is 4.86. The molecule has 0 aromatic heterocycles. The minimum Gasteiger partial charge on any atom is -0.457 e. The first-order valence-corrected chi connectivity index (χ1v) is 5.30. The molecule has 0 bridgehead atoms. The standard InChI is InChI=1S/C12H20O3/c1-6-12(5)8-7-10(15-12)11(3,4)14-9(2)13/h6,10H,1,7-8H2,2-5H3/t10-,12+/m1/s1. The van der Waals surface area contributed by atoms with E-state index >= 15 is 0 Å². The molecule has 0 aromatic rings. The first kappa shape index (κ1) is 12.2. The predicted octanol–water partition coefficient (Wildman–Crippen LogP) is 2.45. The highest BCUT2D eigenvalue weighted by molar-refractivity contribution is 5.66. The highest BCUT2D eigenvalue weighted by Gasteiger charge is 2.43. The molecule has 0 radical (unpaired) electrons. The summed E-state index contributed by atoms with van der Waals surface area (Å²) in [6.07, 6.45) is 3.58. The van der Waals surface area contributed by atoms with Gasteiger partial charge in [0.1, 0.15) is 5.60 Å². The van der Waals surface area contributed by atoms with Crippen LogP contribution in [0.15, 0.2) is 12.7 Å². The minimum atomic E-state index is -0.563. The lowest BCUT2D eigenvalue weighted by Crippen LogP contribution is -2.41. The van der Waals surface area contributed by atoms with Crippen LogP contribution in [-0.4, -0.2) is 23.3 Å². The largest absolute Gasteiger partial charge is 0.457 e. The summed E-state index contributed by atoms with van der Waals surface area (Å²) >= 11 is 0. The maximum atomic E-state index is 10.9. The van der Waals surface area contributed by atoms with Gasteiger partial charge in [0.05, 0.1) is 11.7 Å². The molecule has 0 N–H and O–H groups in total. The summed E-state index contributed by atoms with van der Waals surface area (Å²) in [6.45, 7) is 10.9. The Balaban J connectivity index is 2.67. The number of ether oxygens (including phenoxy) is 2. The molecule has 1 aliphatic heterocycles. The molecular weight excluding hydrogens is 192 g/mol. The Kier molecular flexibility index (Phi) is 3.24. The van der Waals surface area contributed by atoms with Gasteiger partial charge in [-0.05, 0) is 33.6 Å². The van der Waals surface area contributed by atoms with E-state index in [1.165, 1.54) is 6.92 Å². The molecule has 15 heavy (non-hydrogen) atoms. The van der Waals surface area contributed by atoms with E-state index in [0.29, 0.717) is 0 Å². The van der Waals surface area contributed by atoms with Gasteiger partial charge in [0.15, 0.2) is 0 Å². The molecule has 0 amide bonds. The average molecular weight is 212 g/mol. The molecule has 2 atom stereocenters. The van der Waals surface area contributed by atoms with Gasteiger partial charge in [0, 0.05) is 6.92 Å². The predicted molar refractivity (Wildman–Crippen MR) is 58.6 cm³/mol. The molecule has 1 rings (SSSR count). The van der Waals surface area contributed by atoms with Crippen molar-refractivity contribution in [3.63, 3.8) is 0 Å². The Hall–Kier alpha value is -0.830. The van der Waals surface area contributed by atoms with E-state index in [2.05, 4.69) is 6.58 Å². The third-order valence-corrected chi connectivity index (χ3v) is 2.93. The van der Waals surface area contributed by atoms with Crippen LogP contribution >= 0.6 is 0 Å². The zero-order valence-electron chi connectivity index (χ0n) is 10.0. The Morgan fingerprint density at radius 1 is 1.67 bits per heavy atom. The second-order valence-corrected chi connectivity index (χ2v) is 4.86. The van der Waals surface area contributed by atoms with Crippen LogP contribution in [-0.2, 0) is 14.3 Å². The van der Waals surface area contributed by atoms with E-state index < -0.39 is 5.60 Å². The van der Waals surface area contributed by atoms with Gasteiger partial charge in [-0.25, -0.2) is 0 Å². The van der Waals surface area contributed by atoms with Crippen molar-refractivity contribution < 1.29 is 14.3 Å². The summed E-state index contributed by atoms with van der Waals surface area (Å²) in [6, 6.07) is 0. The Morgan fingerprint density at radius 2 is 2.27 bits per heavy atom. The SMILES string of the molecule is C=C[C@@]1(C)CC[C@H](C(C)(C)OC(C)=O)O1. The van der Waals surface area contributed by atoms with Crippen molar-refractivity contribution >= 4 is 5.97 Å². The van der Waals surface area contributed by atoms with Gasteiger partial charge < -0.3 is 9.47 Å². The van der Waals surface area contributed by atoms with Crippen LogP contribution in [0.3, 0.4) is 0 Å². The number of hydrogen-bond donors (Lipinski definition) is 0. The fourth-order valence-corrected chi connectivity index (χ4v) is 1.94. The summed E-state index contributed by atoms with van der Waals surface area (Å²) in [5, 5.41) is 0. The fraction of sp³-hybridized carbons (Fsp3) is 0.750. The third-order valence-electron chi connectivity index (χ3n) is 2.93. The van der Waals surface area contributed by atoms with Gasteiger partial charge in [0.2, 0.25) is 0 Å². The summed E-state index contributed by atoms with van der Waals surface area (Å²) < 4.78 is 11.1. The van der Waals surface area contributed by atoms with Crippen molar-refractivity contribution in [2.24, 2.45) is 0 Å². The number of carbonyl (C=O) groups is 1. The van der Waals surface area contributed by atoms with E-state index in [9.17, 15) is 4.79 Å². The molecule has 3 nitrogen and oxygen atoms in total. The molecule has 3 heteroatoms. The summed E-state index contributed by atoms with van der Waals surface area (Å²) in [5.74, 6) is -0.268. The van der Waals surface area contributed by atoms with Gasteiger partial charge in [-0.3, -0.25) is 4.79 Å². The summed E-state index contributed by atoms with van der Waals surface area (Å²) in [5.41, 5.74) is -0.839. The molecule has 0 unspecified atom stereocenters. The van der Waals surface area contributed by atoms with Crippen LogP contribution in [0.4, 0.5) is 0 Å². The van der Waals surface area contributed by atoms with Gasteiger partial charge in [0.25, 0.3) is 0 Å². The number of rotatable bonds is 3. The maximum absolute atomic E-state index is 10.9. The molecule has 0 saturated carbocycles. The van der Waals surface area contributed by atoms with Crippen molar-refractivity contribution in [3.05, 3.63) is 12.7 Å². The van der Waals surface area contributed by atoms with Gasteiger partial charge in [-0.1, -0.05) is 6.08 Å². The Labute approximate surface area is 91.4 Å². The zero-order valence-corrected chi connectivity index (χ0v) is 10.0. The van der Waals surface area contributed by atoms with Crippen molar-refractivity contribution in [2.45, 2.75) is 57.8 Å². The molecule has 1 heterocycles. The summed E-state index contributed by atoms with van der Waals surface area (Å²) in [4.78, 5) is 10.9. The molecule has 0 aromatic carbocycles. The molecule has 1 saturated heterocycles. The zero-order chi connectivity index (χ0) is 11.7. The maximum Gasteiger partial charge on any atom is 0.303 e. The van der Waals surface area contributed by atoms with Crippen molar-refractivity contribution in [1.82, 2.24) is 0 Å². The van der Waals surface area contributed by atoms with E-state index in [1.807, 2.05) is 26.8 Å². The van der Waals surface area contributed by atoms with E-state index in [4.69, 9.17) is 9.47 Å². The van der Waals surface area contributed by atoms with Crippen molar-refractivity contribution in [1.29, 1.82) is 0 Å². The van der Waals surface area contributed by atoms with Gasteiger partial charge >= 0.3 is 5.97 Å². The van der Waals surface area contributed by atoms with Gasteiger partial charge in [-0.2, -0.15) is 0 Å².